The fourth-order valence-electron chi connectivity index (χ4n) is 1.94. The van der Waals surface area contributed by atoms with Gasteiger partial charge in [0.15, 0.2) is 0 Å². The molecule has 1 amide bonds. The van der Waals surface area contributed by atoms with Crippen LogP contribution >= 0.6 is 0 Å². The van der Waals surface area contributed by atoms with Crippen molar-refractivity contribution in [2.45, 2.75) is 13.8 Å². The molecule has 3 nitrogen and oxygen atoms in total. The molecule has 0 unspecified atom stereocenters. The number of rotatable bonds is 2. The van der Waals surface area contributed by atoms with Gasteiger partial charge in [-0.25, -0.2) is 4.39 Å². The number of nitrogens with one attached hydrogen (secondary N) is 1. The van der Waals surface area contributed by atoms with E-state index in [1.165, 1.54) is 18.2 Å². The molecule has 0 radical (unpaired) electrons. The smallest absolute Gasteiger partial charge is 0.255 e. The Kier molecular flexibility index (Phi) is 3.51. The van der Waals surface area contributed by atoms with E-state index in [2.05, 4.69) is 5.32 Å². The van der Waals surface area contributed by atoms with Gasteiger partial charge in [0.05, 0.1) is 5.69 Å². The molecule has 0 spiro atoms. The van der Waals surface area contributed by atoms with Crippen molar-refractivity contribution in [2.75, 3.05) is 11.1 Å². The van der Waals surface area contributed by atoms with Gasteiger partial charge in [-0.1, -0.05) is 6.07 Å². The molecule has 0 atom stereocenters. The maximum atomic E-state index is 13.0. The summed E-state index contributed by atoms with van der Waals surface area (Å²) in [7, 11) is 0. The normalized spacial score (nSPS) is 10.3. The Morgan fingerprint density at radius 1 is 1.11 bits per heavy atom. The minimum atomic E-state index is -0.525. The van der Waals surface area contributed by atoms with Gasteiger partial charge in [0, 0.05) is 11.3 Å². The monoisotopic (exact) mass is 258 g/mol. The van der Waals surface area contributed by atoms with E-state index in [0.29, 0.717) is 11.3 Å². The lowest BCUT2D eigenvalue weighted by Gasteiger charge is -2.08. The summed E-state index contributed by atoms with van der Waals surface area (Å²) in [4.78, 5) is 12.0. The Morgan fingerprint density at radius 3 is 2.32 bits per heavy atom. The van der Waals surface area contributed by atoms with Crippen LogP contribution in [-0.2, 0) is 0 Å². The first-order valence-electron chi connectivity index (χ1n) is 5.90. The molecule has 0 heterocycles. The van der Waals surface area contributed by atoms with E-state index in [-0.39, 0.29) is 11.6 Å². The maximum Gasteiger partial charge on any atom is 0.255 e. The molecule has 0 aromatic heterocycles. The number of amides is 1. The van der Waals surface area contributed by atoms with E-state index in [1.54, 1.807) is 0 Å². The molecule has 2 aromatic carbocycles. The molecular formula is C15H15FN2O. The van der Waals surface area contributed by atoms with Crippen LogP contribution in [0.4, 0.5) is 15.8 Å². The van der Waals surface area contributed by atoms with Gasteiger partial charge in [-0.3, -0.25) is 4.79 Å². The minimum absolute atomic E-state index is 0.0342. The van der Waals surface area contributed by atoms with Crippen LogP contribution in [0.15, 0.2) is 36.4 Å². The largest absolute Gasteiger partial charge is 0.396 e. The predicted octanol–water partition coefficient (Wildman–Crippen LogP) is 3.28. The zero-order valence-electron chi connectivity index (χ0n) is 10.8. The van der Waals surface area contributed by atoms with E-state index in [4.69, 9.17) is 5.73 Å². The number of nitrogen functional groups attached to an aromatic ring is 1. The lowest BCUT2D eigenvalue weighted by atomic mass is 10.1. The van der Waals surface area contributed by atoms with Gasteiger partial charge in [0.25, 0.3) is 5.91 Å². The Bertz CT molecular complexity index is 618. The lowest BCUT2D eigenvalue weighted by molar-refractivity contribution is 0.102. The summed E-state index contributed by atoms with van der Waals surface area (Å²) in [5.74, 6) is -0.834. The number of nitrogens with two attached hydrogens (primary N) is 1. The molecular weight excluding hydrogens is 243 g/mol. The highest BCUT2D eigenvalue weighted by Crippen LogP contribution is 2.17. The third kappa shape index (κ3) is 3.10. The maximum absolute atomic E-state index is 13.0. The summed E-state index contributed by atoms with van der Waals surface area (Å²) in [6.45, 7) is 3.91. The van der Waals surface area contributed by atoms with Gasteiger partial charge < -0.3 is 11.1 Å². The van der Waals surface area contributed by atoms with Crippen LogP contribution in [0.5, 0.6) is 0 Å². The van der Waals surface area contributed by atoms with E-state index in [9.17, 15) is 9.18 Å². The summed E-state index contributed by atoms with van der Waals surface area (Å²) < 4.78 is 13.0. The molecule has 0 saturated heterocycles. The second-order valence-corrected chi connectivity index (χ2v) is 4.57. The van der Waals surface area contributed by atoms with Crippen LogP contribution in [0.3, 0.4) is 0 Å². The van der Waals surface area contributed by atoms with Crippen LogP contribution in [0, 0.1) is 19.7 Å². The van der Waals surface area contributed by atoms with Crippen molar-refractivity contribution in [2.24, 2.45) is 0 Å². The fraction of sp³-hybridized carbons (Fsp3) is 0.133. The first-order chi connectivity index (χ1) is 8.95. The van der Waals surface area contributed by atoms with Gasteiger partial charge in [-0.05, 0) is 55.3 Å². The molecule has 0 fully saturated rings. The van der Waals surface area contributed by atoms with Gasteiger partial charge in [0.1, 0.15) is 5.82 Å². The van der Waals surface area contributed by atoms with E-state index in [1.807, 2.05) is 32.0 Å². The van der Waals surface area contributed by atoms with Crippen molar-refractivity contribution in [3.8, 4) is 0 Å². The van der Waals surface area contributed by atoms with Crippen LogP contribution in [0.1, 0.15) is 21.5 Å². The molecule has 98 valence electrons. The molecule has 2 rings (SSSR count). The van der Waals surface area contributed by atoms with Crippen molar-refractivity contribution in [3.05, 3.63) is 58.9 Å². The van der Waals surface area contributed by atoms with Gasteiger partial charge >= 0.3 is 0 Å². The van der Waals surface area contributed by atoms with Gasteiger partial charge in [0.2, 0.25) is 0 Å². The summed E-state index contributed by atoms with van der Waals surface area (Å²) in [5.41, 5.74) is 8.58. The second-order valence-electron chi connectivity index (χ2n) is 4.57. The summed E-state index contributed by atoms with van der Waals surface area (Å²) in [6.07, 6.45) is 0. The number of aryl methyl sites for hydroxylation is 2. The highest BCUT2D eigenvalue weighted by Gasteiger charge is 2.09. The first-order valence-corrected chi connectivity index (χ1v) is 5.90. The molecule has 0 aliphatic heterocycles. The number of benzene rings is 2. The second kappa shape index (κ2) is 5.10. The Balaban J connectivity index is 2.22. The van der Waals surface area contributed by atoms with Crippen LogP contribution in [-0.4, -0.2) is 5.91 Å². The van der Waals surface area contributed by atoms with Crippen molar-refractivity contribution >= 4 is 17.3 Å². The summed E-state index contributed by atoms with van der Waals surface area (Å²) in [5, 5.41) is 2.77. The van der Waals surface area contributed by atoms with Crippen LogP contribution < -0.4 is 11.1 Å². The van der Waals surface area contributed by atoms with Crippen LogP contribution in [0.25, 0.3) is 0 Å². The van der Waals surface area contributed by atoms with E-state index >= 15 is 0 Å². The zero-order valence-corrected chi connectivity index (χ0v) is 10.8. The third-order valence-corrected chi connectivity index (χ3v) is 2.74. The van der Waals surface area contributed by atoms with Crippen molar-refractivity contribution in [1.29, 1.82) is 0 Å². The average molecular weight is 258 g/mol. The molecule has 0 aliphatic carbocycles. The number of anilines is 2. The van der Waals surface area contributed by atoms with E-state index in [0.717, 1.165) is 11.1 Å². The molecule has 2 aromatic rings. The molecule has 4 heteroatoms. The standard InChI is InChI=1S/C15H15FN2O/c1-9-5-10(2)7-12(6-9)18-15(19)11-3-4-13(16)14(17)8-11/h3-8H,17H2,1-2H3,(H,18,19). The molecule has 3 N–H and O–H groups in total. The SMILES string of the molecule is Cc1cc(C)cc(NC(=O)c2ccc(F)c(N)c2)c1. The average Bonchev–Trinajstić information content (AvgIpc) is 2.31. The Labute approximate surface area is 111 Å². The molecule has 19 heavy (non-hydrogen) atoms. The number of hydrogen-bond donors (Lipinski definition) is 2. The lowest BCUT2D eigenvalue weighted by Crippen LogP contribution is -2.12. The highest BCUT2D eigenvalue weighted by molar-refractivity contribution is 6.04. The highest BCUT2D eigenvalue weighted by atomic mass is 19.1. The van der Waals surface area contributed by atoms with Crippen molar-refractivity contribution < 1.29 is 9.18 Å². The first kappa shape index (κ1) is 13.1. The number of carbonyl (C=O) groups excluding carboxylic acids is 1. The minimum Gasteiger partial charge on any atom is -0.396 e. The number of hydrogen-bond acceptors (Lipinski definition) is 2. The third-order valence-electron chi connectivity index (χ3n) is 2.74. The topological polar surface area (TPSA) is 55.1 Å². The fourth-order valence-corrected chi connectivity index (χ4v) is 1.94. The summed E-state index contributed by atoms with van der Waals surface area (Å²) in [6, 6.07) is 9.68. The number of carbonyl (C=O) groups is 1. The predicted molar refractivity (Wildman–Crippen MR) is 74.7 cm³/mol. The van der Waals surface area contributed by atoms with Crippen LogP contribution in [0.2, 0.25) is 0 Å². The van der Waals surface area contributed by atoms with E-state index < -0.39 is 5.82 Å². The van der Waals surface area contributed by atoms with Crippen molar-refractivity contribution in [1.82, 2.24) is 0 Å². The zero-order chi connectivity index (χ0) is 14.0. The molecule has 0 bridgehead atoms. The quantitative estimate of drug-likeness (QED) is 0.812. The van der Waals surface area contributed by atoms with Gasteiger partial charge in [-0.2, -0.15) is 0 Å². The Morgan fingerprint density at radius 2 is 1.74 bits per heavy atom. The molecule has 0 aliphatic rings. The van der Waals surface area contributed by atoms with Gasteiger partial charge in [-0.15, -0.1) is 0 Å². The number of halogens is 1. The van der Waals surface area contributed by atoms with Crippen molar-refractivity contribution in [3.63, 3.8) is 0 Å². The summed E-state index contributed by atoms with van der Waals surface area (Å²) >= 11 is 0. The Hall–Kier alpha value is -2.36. The molecule has 0 saturated carbocycles.